The molecule has 2 amide bonds. The quantitative estimate of drug-likeness (QED) is 0.105. The number of rotatable bonds is 21. The molecule has 0 radical (unpaired) electrons. The summed E-state index contributed by atoms with van der Waals surface area (Å²) < 4.78 is 24.7. The molecule has 0 aliphatic carbocycles. The molecule has 1 aromatic carbocycles. The molecular weight excluding hydrogens is 659 g/mol. The van der Waals surface area contributed by atoms with E-state index < -0.39 is 6.09 Å². The van der Waals surface area contributed by atoms with Crippen molar-refractivity contribution in [2.45, 2.75) is 118 Å². The molecule has 0 aliphatic rings. The fraction of sp³-hybridized carbons (Fsp3) is 0.618. The maximum atomic E-state index is 12.9. The van der Waals surface area contributed by atoms with Crippen LogP contribution in [-0.2, 0) is 29.2 Å². The molecule has 1 heterocycles. The summed E-state index contributed by atoms with van der Waals surface area (Å²) in [7, 11) is 3.14. The van der Waals surface area contributed by atoms with Crippen LogP contribution >= 0.6 is 0 Å². The van der Waals surface area contributed by atoms with Gasteiger partial charge < -0.3 is 42.9 Å². The molecule has 0 atom stereocenters. The highest BCUT2D eigenvalue weighted by Crippen LogP contribution is 2.39. The van der Waals surface area contributed by atoms with Crippen LogP contribution in [0.15, 0.2) is 36.5 Å². The summed E-state index contributed by atoms with van der Waals surface area (Å²) in [5.74, 6) is 1.17. The van der Waals surface area contributed by atoms with Crippen LogP contribution in [0.4, 0.5) is 4.79 Å². The molecule has 0 unspecified atom stereocenters. The molecule has 8 nitrogen and oxygen atoms in total. The molecule has 0 saturated carbocycles. The van der Waals surface area contributed by atoms with Crippen molar-refractivity contribution in [2.75, 3.05) is 20.8 Å². The van der Waals surface area contributed by atoms with E-state index in [1.54, 1.807) is 26.4 Å². The number of amides is 2. The predicted molar refractivity (Wildman–Crippen MR) is 165 cm³/mol. The van der Waals surface area contributed by atoms with Crippen LogP contribution in [0.1, 0.15) is 109 Å². The zero-order valence-electron chi connectivity index (χ0n) is 27.0. The number of pyridine rings is 1. The summed E-state index contributed by atoms with van der Waals surface area (Å²) in [5.41, 5.74) is 1.51. The average Bonchev–Trinajstić information content (AvgIpc) is 3.00. The Bertz CT molecular complexity index is 1060. The number of hydrogen-bond donors (Lipinski definition) is 0. The Morgan fingerprint density at radius 3 is 1.88 bits per heavy atom. The Morgan fingerprint density at radius 1 is 0.814 bits per heavy atom. The number of carbonyl (C=O) groups excluding carboxylic acids is 2. The van der Waals surface area contributed by atoms with Crippen LogP contribution in [0, 0.1) is 0 Å². The maximum absolute atomic E-state index is 12.9. The number of aryl methyl sites for hydroxylation is 1. The number of hydrogen-bond acceptors (Lipinski definition) is 6. The van der Waals surface area contributed by atoms with E-state index in [0.717, 1.165) is 30.0 Å². The second kappa shape index (κ2) is 22.9. The van der Waals surface area contributed by atoms with Gasteiger partial charge in [-0.25, -0.2) is 14.3 Å². The average molecular weight is 713 g/mol. The van der Waals surface area contributed by atoms with Crippen LogP contribution in [0.25, 0.3) is 0 Å². The Balaban J connectivity index is 0.00000924. The highest BCUT2D eigenvalue weighted by atomic mass is 127. The molecule has 2 aromatic rings. The normalized spacial score (nSPS) is 10.5. The largest absolute Gasteiger partial charge is 1.00 e. The number of ether oxygens (including phenoxy) is 4. The summed E-state index contributed by atoms with van der Waals surface area (Å²) in [6, 6.07) is 9.22. The fourth-order valence-electron chi connectivity index (χ4n) is 4.93. The van der Waals surface area contributed by atoms with Crippen LogP contribution in [0.2, 0.25) is 0 Å². The van der Waals surface area contributed by atoms with Crippen molar-refractivity contribution in [3.8, 4) is 17.2 Å². The van der Waals surface area contributed by atoms with Crippen molar-refractivity contribution < 1.29 is 57.1 Å². The van der Waals surface area contributed by atoms with Gasteiger partial charge in [0.2, 0.25) is 17.4 Å². The first-order valence-electron chi connectivity index (χ1n) is 15.7. The smallest absolute Gasteiger partial charge is 0.417 e. The van der Waals surface area contributed by atoms with E-state index >= 15 is 0 Å². The number of aromatic nitrogens is 1. The van der Waals surface area contributed by atoms with Crippen molar-refractivity contribution in [3.05, 3.63) is 47.8 Å². The monoisotopic (exact) mass is 712 g/mol. The first kappa shape index (κ1) is 38.5. The molecule has 0 N–H and O–H groups in total. The van der Waals surface area contributed by atoms with Gasteiger partial charge in [-0.1, -0.05) is 83.6 Å². The molecule has 0 spiro atoms. The molecule has 9 heteroatoms. The van der Waals surface area contributed by atoms with Crippen molar-refractivity contribution in [1.29, 1.82) is 0 Å². The number of unbranched alkanes of at least 4 members (excludes halogenated alkanes) is 11. The van der Waals surface area contributed by atoms with Gasteiger partial charge in [0.25, 0.3) is 0 Å². The molecule has 1 aromatic heterocycles. The maximum Gasteiger partial charge on any atom is 0.417 e. The van der Waals surface area contributed by atoms with E-state index in [0.29, 0.717) is 29.4 Å². The van der Waals surface area contributed by atoms with E-state index in [2.05, 4.69) is 6.92 Å². The predicted octanol–water partition coefficient (Wildman–Crippen LogP) is 4.78. The van der Waals surface area contributed by atoms with Crippen LogP contribution < -0.4 is 42.8 Å². The number of nitrogens with zero attached hydrogens (tertiary/aromatic N) is 2. The van der Waals surface area contributed by atoms with Gasteiger partial charge in [-0.2, -0.15) is 0 Å². The molecule has 43 heavy (non-hydrogen) atoms. The summed E-state index contributed by atoms with van der Waals surface area (Å²) in [4.78, 5) is 26.2. The Labute approximate surface area is 276 Å². The van der Waals surface area contributed by atoms with Crippen molar-refractivity contribution in [1.82, 2.24) is 4.90 Å². The fourth-order valence-corrected chi connectivity index (χ4v) is 4.93. The molecule has 0 saturated heterocycles. The second-order valence-electron chi connectivity index (χ2n) is 10.7. The lowest BCUT2D eigenvalue weighted by Crippen LogP contribution is -3.00. The number of methoxy groups -OCH3 is 2. The van der Waals surface area contributed by atoms with Gasteiger partial charge >= 0.3 is 6.09 Å². The summed E-state index contributed by atoms with van der Waals surface area (Å²) in [5, 5.41) is 0. The van der Waals surface area contributed by atoms with E-state index in [1.165, 1.54) is 71.1 Å². The van der Waals surface area contributed by atoms with Crippen molar-refractivity contribution >= 4 is 12.0 Å². The van der Waals surface area contributed by atoms with Gasteiger partial charge in [0.15, 0.2) is 17.7 Å². The van der Waals surface area contributed by atoms with Crippen LogP contribution in [-0.4, -0.2) is 37.7 Å². The van der Waals surface area contributed by atoms with Gasteiger partial charge in [-0.3, -0.25) is 4.79 Å². The molecular formula is C34H53IN2O6. The first-order valence-corrected chi connectivity index (χ1v) is 15.7. The number of halogens is 1. The minimum atomic E-state index is -0.709. The third-order valence-electron chi connectivity index (χ3n) is 7.42. The first-order chi connectivity index (χ1) is 20.4. The van der Waals surface area contributed by atoms with Gasteiger partial charge in [0.05, 0.1) is 20.8 Å². The van der Waals surface area contributed by atoms with Crippen LogP contribution in [0.3, 0.4) is 0 Å². The van der Waals surface area contributed by atoms with Crippen molar-refractivity contribution in [3.63, 3.8) is 0 Å². The Kier molecular flexibility index (Phi) is 20.5. The summed E-state index contributed by atoms with van der Waals surface area (Å²) in [6.45, 7) is 7.00. The Hall–Kier alpha value is -2.56. The molecule has 242 valence electrons. The second-order valence-corrected chi connectivity index (χ2v) is 10.7. The number of imide groups is 1. The highest BCUT2D eigenvalue weighted by molar-refractivity contribution is 5.90. The summed E-state index contributed by atoms with van der Waals surface area (Å²) in [6.07, 6.45) is 16.6. The third kappa shape index (κ3) is 14.2. The van der Waals surface area contributed by atoms with Crippen molar-refractivity contribution in [2.24, 2.45) is 0 Å². The SMILES string of the molecule is CCCCCCCCCCCCCCOc1c(OC)cc(COC(=O)N(Cc2cccc[n+]2CC)C(C)=O)cc1OC.[I-]. The van der Waals surface area contributed by atoms with E-state index in [9.17, 15) is 9.59 Å². The molecule has 2 rings (SSSR count). The third-order valence-corrected chi connectivity index (χ3v) is 7.42. The number of carbonyl (C=O) groups is 2. The Morgan fingerprint density at radius 2 is 1.37 bits per heavy atom. The highest BCUT2D eigenvalue weighted by Gasteiger charge is 2.24. The minimum absolute atomic E-state index is 0. The van der Waals surface area contributed by atoms with Gasteiger partial charge in [-0.05, 0) is 31.0 Å². The lowest BCUT2D eigenvalue weighted by Gasteiger charge is -2.19. The number of benzene rings is 1. The standard InChI is InChI=1S/C34H53N2O6.HI/c1-6-8-9-10-11-12-13-14-15-16-17-20-23-41-33-31(39-4)24-29(25-32(33)40-5)27-42-34(38)36(28(3)37)26-30-21-18-19-22-35(30)7-2;/h18-19,21-22,24-25H,6-17,20,23,26-27H2,1-5H3;1H/q+1;/p-1. The topological polar surface area (TPSA) is 78.2 Å². The summed E-state index contributed by atoms with van der Waals surface area (Å²) >= 11 is 0. The minimum Gasteiger partial charge on any atom is -1.00 e. The zero-order valence-corrected chi connectivity index (χ0v) is 29.2. The lowest BCUT2D eigenvalue weighted by atomic mass is 10.1. The van der Waals surface area contributed by atoms with Gasteiger partial charge in [-0.15, -0.1) is 0 Å². The molecule has 0 bridgehead atoms. The van der Waals surface area contributed by atoms with E-state index in [4.69, 9.17) is 18.9 Å². The lowest BCUT2D eigenvalue weighted by molar-refractivity contribution is -0.701. The molecule has 0 fully saturated rings. The van der Waals surface area contributed by atoms with Gasteiger partial charge in [0, 0.05) is 19.1 Å². The van der Waals surface area contributed by atoms with E-state index in [-0.39, 0.29) is 43.0 Å². The van der Waals surface area contributed by atoms with Gasteiger partial charge in [0.1, 0.15) is 19.7 Å². The zero-order chi connectivity index (χ0) is 30.6. The molecule has 0 aliphatic heterocycles. The van der Waals surface area contributed by atoms with Crippen LogP contribution in [0.5, 0.6) is 17.2 Å². The van der Waals surface area contributed by atoms with E-state index in [1.807, 2.05) is 35.9 Å².